The fourth-order valence-electron chi connectivity index (χ4n) is 4.63. The first-order valence-electron chi connectivity index (χ1n) is 12.2. The van der Waals surface area contributed by atoms with Crippen LogP contribution >= 0.6 is 23.2 Å². The Morgan fingerprint density at radius 1 is 0.974 bits per heavy atom. The zero-order valence-corrected chi connectivity index (χ0v) is 22.2. The van der Waals surface area contributed by atoms with Gasteiger partial charge in [0.1, 0.15) is 0 Å². The molecule has 0 N–H and O–H groups in total. The lowest BCUT2D eigenvalue weighted by Gasteiger charge is -2.33. The van der Waals surface area contributed by atoms with E-state index in [4.69, 9.17) is 32.7 Å². The Labute approximate surface area is 229 Å². The summed E-state index contributed by atoms with van der Waals surface area (Å²) in [4.78, 5) is 65.7. The highest BCUT2D eigenvalue weighted by Gasteiger charge is 2.44. The number of amides is 2. The van der Waals surface area contributed by atoms with Crippen LogP contribution in [0.4, 0.5) is 5.69 Å². The van der Waals surface area contributed by atoms with Crippen molar-refractivity contribution >= 4 is 58.4 Å². The van der Waals surface area contributed by atoms with Crippen LogP contribution in [0, 0.1) is 5.92 Å². The molecule has 2 aliphatic heterocycles. The molecule has 0 aliphatic carbocycles. The van der Waals surface area contributed by atoms with Gasteiger partial charge in [0, 0.05) is 10.6 Å². The number of Topliss-reactive ketones (excluding diaryl/α,β-unsaturated/α-hetero) is 1. The summed E-state index contributed by atoms with van der Waals surface area (Å²) in [6.07, 6.45) is 1.18. The molecule has 1 unspecified atom stereocenters. The zero-order chi connectivity index (χ0) is 27.4. The second-order valence-corrected chi connectivity index (χ2v) is 9.86. The fourth-order valence-corrected chi connectivity index (χ4v) is 5.15. The maximum absolute atomic E-state index is 13.1. The number of piperidine rings is 1. The molecule has 38 heavy (non-hydrogen) atoms. The smallest absolute Gasteiger partial charge is 0.338 e. The molecule has 200 valence electrons. The van der Waals surface area contributed by atoms with E-state index < -0.39 is 24.4 Å². The normalized spacial score (nSPS) is 18.5. The Balaban J connectivity index is 1.34. The number of esters is 2. The number of benzene rings is 2. The summed E-state index contributed by atoms with van der Waals surface area (Å²) >= 11 is 11.9. The summed E-state index contributed by atoms with van der Waals surface area (Å²) < 4.78 is 10.2. The first kappa shape index (κ1) is 27.8. The third-order valence-electron chi connectivity index (χ3n) is 6.64. The van der Waals surface area contributed by atoms with E-state index in [2.05, 4.69) is 0 Å². The van der Waals surface area contributed by atoms with E-state index in [-0.39, 0.29) is 46.3 Å². The van der Waals surface area contributed by atoms with Crippen molar-refractivity contribution in [1.82, 2.24) is 4.90 Å². The number of rotatable bonds is 8. The minimum atomic E-state index is -0.739. The number of hydrogen-bond donors (Lipinski definition) is 0. The van der Waals surface area contributed by atoms with Crippen LogP contribution in [-0.4, -0.2) is 66.8 Å². The molecule has 2 amide bonds. The number of nitrogens with zero attached hydrogens (tertiary/aromatic N) is 2. The van der Waals surface area contributed by atoms with Crippen LogP contribution in [0.5, 0.6) is 0 Å². The Morgan fingerprint density at radius 3 is 2.29 bits per heavy atom. The number of ketones is 1. The van der Waals surface area contributed by atoms with Gasteiger partial charge in [-0.15, -0.1) is 0 Å². The molecular formula is C27H26Cl2N2O7. The zero-order valence-electron chi connectivity index (χ0n) is 20.7. The summed E-state index contributed by atoms with van der Waals surface area (Å²) in [7, 11) is 0. The van der Waals surface area contributed by atoms with Crippen LogP contribution < -0.4 is 4.90 Å². The molecule has 2 aliphatic rings. The second-order valence-electron chi connectivity index (χ2n) is 9.02. The quantitative estimate of drug-likeness (QED) is 0.271. The molecule has 0 saturated carbocycles. The molecule has 0 bridgehead atoms. The molecule has 2 aromatic rings. The first-order chi connectivity index (χ1) is 18.2. The van der Waals surface area contributed by atoms with E-state index in [0.29, 0.717) is 43.2 Å². The topological polar surface area (TPSA) is 110 Å². The molecule has 0 spiro atoms. The number of halogens is 2. The van der Waals surface area contributed by atoms with E-state index >= 15 is 0 Å². The molecule has 11 heteroatoms. The number of anilines is 1. The third-order valence-corrected chi connectivity index (χ3v) is 7.19. The number of ether oxygens (including phenoxy) is 2. The van der Waals surface area contributed by atoms with Crippen molar-refractivity contribution in [3.63, 3.8) is 0 Å². The lowest BCUT2D eigenvalue weighted by molar-refractivity contribution is -0.149. The van der Waals surface area contributed by atoms with E-state index in [9.17, 15) is 24.0 Å². The maximum atomic E-state index is 13.1. The average molecular weight is 561 g/mol. The molecule has 2 fully saturated rings. The largest absolute Gasteiger partial charge is 0.466 e. The van der Waals surface area contributed by atoms with E-state index in [1.165, 1.54) is 42.5 Å². The Hall–Kier alpha value is -3.27. The van der Waals surface area contributed by atoms with Gasteiger partial charge in [0.15, 0.2) is 6.61 Å². The number of carbonyl (C=O) groups excluding carboxylic acids is 5. The van der Waals surface area contributed by atoms with Crippen molar-refractivity contribution in [3.8, 4) is 0 Å². The fraction of sp³-hybridized carbons (Fsp3) is 0.370. The molecule has 2 saturated heterocycles. The molecule has 9 nitrogen and oxygen atoms in total. The lowest BCUT2D eigenvalue weighted by atomic mass is 9.95. The summed E-state index contributed by atoms with van der Waals surface area (Å²) in [6, 6.07) is 9.62. The van der Waals surface area contributed by atoms with Gasteiger partial charge in [-0.05, 0) is 75.3 Å². The van der Waals surface area contributed by atoms with Crippen LogP contribution in [-0.2, 0) is 23.9 Å². The van der Waals surface area contributed by atoms with Crippen LogP contribution in [0.15, 0.2) is 42.5 Å². The highest BCUT2D eigenvalue weighted by atomic mass is 35.5. The molecule has 4 rings (SSSR count). The van der Waals surface area contributed by atoms with Gasteiger partial charge < -0.3 is 9.47 Å². The van der Waals surface area contributed by atoms with Crippen LogP contribution in [0.25, 0.3) is 0 Å². The predicted molar refractivity (Wildman–Crippen MR) is 139 cm³/mol. The standard InChI is InChI=1S/C27H26Cl2N2O7/c1-2-37-26(35)17-9-11-30(12-10-17)22-14-24(33)31(25(22)34)19-6-3-16(4-7-19)27(36)38-15-23(32)20-8-5-18(28)13-21(20)29/h3-8,13,17,22H,2,9-12,14-15H2,1H3. The monoisotopic (exact) mass is 560 g/mol. The van der Waals surface area contributed by atoms with Gasteiger partial charge in [0.05, 0.1) is 41.3 Å². The number of imide groups is 1. The van der Waals surface area contributed by atoms with E-state index in [1.54, 1.807) is 6.92 Å². The number of carbonyl (C=O) groups is 5. The maximum Gasteiger partial charge on any atom is 0.338 e. The molecule has 2 aromatic carbocycles. The van der Waals surface area contributed by atoms with Gasteiger partial charge in [-0.25, -0.2) is 9.69 Å². The summed E-state index contributed by atoms with van der Waals surface area (Å²) in [5.74, 6) is -2.32. The number of likely N-dealkylation sites (tertiary alicyclic amines) is 1. The van der Waals surface area contributed by atoms with Gasteiger partial charge in [-0.2, -0.15) is 0 Å². The Morgan fingerprint density at radius 2 is 1.66 bits per heavy atom. The first-order valence-corrected chi connectivity index (χ1v) is 13.0. The average Bonchev–Trinajstić information content (AvgIpc) is 3.20. The van der Waals surface area contributed by atoms with Gasteiger partial charge >= 0.3 is 11.9 Å². The van der Waals surface area contributed by atoms with Crippen molar-refractivity contribution in [1.29, 1.82) is 0 Å². The van der Waals surface area contributed by atoms with Gasteiger partial charge in [-0.3, -0.25) is 24.1 Å². The molecule has 1 atom stereocenters. The van der Waals surface area contributed by atoms with Crippen molar-refractivity contribution < 1.29 is 33.4 Å². The molecular weight excluding hydrogens is 535 g/mol. The highest BCUT2D eigenvalue weighted by molar-refractivity contribution is 6.36. The molecule has 0 radical (unpaired) electrons. The minimum Gasteiger partial charge on any atom is -0.466 e. The molecule has 2 heterocycles. The van der Waals surface area contributed by atoms with E-state index in [1.807, 2.05) is 4.90 Å². The van der Waals surface area contributed by atoms with Crippen LogP contribution in [0.3, 0.4) is 0 Å². The number of hydrogen-bond acceptors (Lipinski definition) is 8. The van der Waals surface area contributed by atoms with Crippen molar-refractivity contribution in [2.24, 2.45) is 5.92 Å². The second kappa shape index (κ2) is 12.1. The Bertz CT molecular complexity index is 1260. The third kappa shape index (κ3) is 6.06. The van der Waals surface area contributed by atoms with Crippen molar-refractivity contribution in [2.75, 3.05) is 31.2 Å². The van der Waals surface area contributed by atoms with Crippen molar-refractivity contribution in [2.45, 2.75) is 32.2 Å². The van der Waals surface area contributed by atoms with Crippen LogP contribution in [0.2, 0.25) is 10.0 Å². The van der Waals surface area contributed by atoms with Gasteiger partial charge in [0.25, 0.3) is 5.91 Å². The van der Waals surface area contributed by atoms with Gasteiger partial charge in [-0.1, -0.05) is 23.2 Å². The SMILES string of the molecule is CCOC(=O)C1CCN(C2CC(=O)N(c3ccc(C(=O)OCC(=O)c4ccc(Cl)cc4Cl)cc3)C2=O)CC1. The molecule has 0 aromatic heterocycles. The summed E-state index contributed by atoms with van der Waals surface area (Å²) in [5.41, 5.74) is 0.676. The summed E-state index contributed by atoms with van der Waals surface area (Å²) in [6.45, 7) is 2.62. The van der Waals surface area contributed by atoms with Gasteiger partial charge in [0.2, 0.25) is 11.7 Å². The minimum absolute atomic E-state index is 0.0437. The van der Waals surface area contributed by atoms with Crippen molar-refractivity contribution in [3.05, 3.63) is 63.6 Å². The van der Waals surface area contributed by atoms with Crippen LogP contribution in [0.1, 0.15) is 46.9 Å². The summed E-state index contributed by atoms with van der Waals surface area (Å²) in [5, 5.41) is 0.535. The lowest BCUT2D eigenvalue weighted by Crippen LogP contribution is -2.47. The Kier molecular flexibility index (Phi) is 8.81. The highest BCUT2D eigenvalue weighted by Crippen LogP contribution is 2.29. The predicted octanol–water partition coefficient (Wildman–Crippen LogP) is 3.94. The van der Waals surface area contributed by atoms with E-state index in [0.717, 1.165) is 4.90 Å².